The van der Waals surface area contributed by atoms with Crippen LogP contribution < -0.4 is 5.32 Å². The molecule has 0 radical (unpaired) electrons. The summed E-state index contributed by atoms with van der Waals surface area (Å²) in [4.78, 5) is 7.65. The Morgan fingerprint density at radius 2 is 2.14 bits per heavy atom. The van der Waals surface area contributed by atoms with Gasteiger partial charge in [0.05, 0.1) is 0 Å². The minimum atomic E-state index is -4.63. The van der Waals surface area contributed by atoms with E-state index >= 15 is 0 Å². The first-order valence-electron chi connectivity index (χ1n) is 6.62. The minimum Gasteiger partial charge on any atom is -0.329 e. The lowest BCUT2D eigenvalue weighted by atomic mass is 9.95. The van der Waals surface area contributed by atoms with Crippen LogP contribution in [0.15, 0.2) is 22.9 Å². The molecule has 5 nitrogen and oxygen atoms in total. The molecule has 1 fully saturated rings. The van der Waals surface area contributed by atoms with Gasteiger partial charge < -0.3 is 9.84 Å². The highest BCUT2D eigenvalue weighted by atomic mass is 19.4. The molecule has 0 unspecified atom stereocenters. The third-order valence-electron chi connectivity index (χ3n) is 3.43. The Kier molecular flexibility index (Phi) is 3.62. The number of rotatable bonds is 2. The molecule has 0 bridgehead atoms. The van der Waals surface area contributed by atoms with Crippen LogP contribution in [0, 0.1) is 0 Å². The fraction of sp³-hybridized carbons (Fsp3) is 0.462. The Labute approximate surface area is 118 Å². The van der Waals surface area contributed by atoms with E-state index in [2.05, 4.69) is 25.0 Å². The zero-order valence-corrected chi connectivity index (χ0v) is 11.0. The summed E-state index contributed by atoms with van der Waals surface area (Å²) in [7, 11) is 0. The largest absolute Gasteiger partial charge is 0.471 e. The van der Waals surface area contributed by atoms with Crippen molar-refractivity contribution in [2.45, 2.75) is 24.9 Å². The summed E-state index contributed by atoms with van der Waals surface area (Å²) in [5.74, 6) is -1.12. The van der Waals surface area contributed by atoms with Crippen molar-refractivity contribution in [2.24, 2.45) is 0 Å². The highest BCUT2D eigenvalue weighted by Crippen LogP contribution is 2.29. The Hall–Kier alpha value is -1.96. The molecule has 1 atom stereocenters. The van der Waals surface area contributed by atoms with Crippen molar-refractivity contribution in [1.29, 1.82) is 0 Å². The van der Waals surface area contributed by atoms with Crippen LogP contribution in [0.4, 0.5) is 13.2 Å². The quantitative estimate of drug-likeness (QED) is 0.923. The van der Waals surface area contributed by atoms with E-state index in [1.807, 2.05) is 0 Å². The molecular weight excluding hydrogens is 285 g/mol. The molecule has 2 aromatic heterocycles. The Balaban J connectivity index is 1.79. The zero-order chi connectivity index (χ0) is 14.9. The second-order valence-electron chi connectivity index (χ2n) is 4.94. The molecule has 1 N–H and O–H groups in total. The summed E-state index contributed by atoms with van der Waals surface area (Å²) >= 11 is 0. The van der Waals surface area contributed by atoms with E-state index in [1.165, 1.54) is 6.20 Å². The van der Waals surface area contributed by atoms with Gasteiger partial charge in [0.2, 0.25) is 5.82 Å². The van der Waals surface area contributed by atoms with Gasteiger partial charge in [-0.1, -0.05) is 5.16 Å². The number of pyridine rings is 1. The highest BCUT2D eigenvalue weighted by molar-refractivity contribution is 5.52. The summed E-state index contributed by atoms with van der Waals surface area (Å²) in [6.45, 7) is 1.88. The molecule has 21 heavy (non-hydrogen) atoms. The SMILES string of the molecule is FC(F)(F)c1nc(-c2ccc([C@@H]3CCCNC3)nc2)no1. The van der Waals surface area contributed by atoms with E-state index in [0.29, 0.717) is 11.5 Å². The fourth-order valence-corrected chi connectivity index (χ4v) is 2.34. The summed E-state index contributed by atoms with van der Waals surface area (Å²) < 4.78 is 41.4. The van der Waals surface area contributed by atoms with E-state index in [4.69, 9.17) is 0 Å². The van der Waals surface area contributed by atoms with Crippen molar-refractivity contribution in [1.82, 2.24) is 20.4 Å². The second kappa shape index (κ2) is 5.44. The molecule has 0 aromatic carbocycles. The van der Waals surface area contributed by atoms with Crippen LogP contribution in [0.3, 0.4) is 0 Å². The molecule has 0 amide bonds. The van der Waals surface area contributed by atoms with Gasteiger partial charge >= 0.3 is 12.1 Å². The van der Waals surface area contributed by atoms with Crippen LogP contribution in [-0.2, 0) is 6.18 Å². The molecule has 3 rings (SSSR count). The standard InChI is InChI=1S/C13H13F3N4O/c14-13(15,16)12-19-11(20-21-12)9-3-4-10(18-7-9)8-2-1-5-17-6-8/h3-4,7-8,17H,1-2,5-6H2/t8-/m1/s1. The normalized spacial score (nSPS) is 19.7. The number of nitrogens with one attached hydrogen (secondary N) is 1. The van der Waals surface area contributed by atoms with Gasteiger partial charge in [0.15, 0.2) is 0 Å². The van der Waals surface area contributed by atoms with Crippen molar-refractivity contribution in [3.05, 3.63) is 29.9 Å². The molecular formula is C13H13F3N4O. The van der Waals surface area contributed by atoms with E-state index in [0.717, 1.165) is 31.6 Å². The lowest BCUT2D eigenvalue weighted by molar-refractivity contribution is -0.159. The van der Waals surface area contributed by atoms with Crippen LogP contribution in [0.25, 0.3) is 11.4 Å². The van der Waals surface area contributed by atoms with Crippen molar-refractivity contribution in [3.8, 4) is 11.4 Å². The van der Waals surface area contributed by atoms with Crippen molar-refractivity contribution in [3.63, 3.8) is 0 Å². The predicted octanol–water partition coefficient (Wildman–Crippen LogP) is 2.62. The average Bonchev–Trinajstić information content (AvgIpc) is 2.98. The first-order valence-corrected chi connectivity index (χ1v) is 6.62. The van der Waals surface area contributed by atoms with Crippen LogP contribution in [0.5, 0.6) is 0 Å². The van der Waals surface area contributed by atoms with Crippen LogP contribution in [0.2, 0.25) is 0 Å². The molecule has 112 valence electrons. The lowest BCUT2D eigenvalue weighted by Gasteiger charge is -2.22. The zero-order valence-electron chi connectivity index (χ0n) is 11.0. The van der Waals surface area contributed by atoms with Gasteiger partial charge in [0.25, 0.3) is 0 Å². The predicted molar refractivity (Wildman–Crippen MR) is 67.4 cm³/mol. The van der Waals surface area contributed by atoms with Crippen LogP contribution >= 0.6 is 0 Å². The summed E-state index contributed by atoms with van der Waals surface area (Å²) in [6.07, 6.45) is -1.00. The van der Waals surface area contributed by atoms with E-state index < -0.39 is 12.1 Å². The highest BCUT2D eigenvalue weighted by Gasteiger charge is 2.38. The summed E-state index contributed by atoms with van der Waals surface area (Å²) in [5.41, 5.74) is 1.33. The van der Waals surface area contributed by atoms with Gasteiger partial charge in [0.1, 0.15) is 0 Å². The minimum absolute atomic E-state index is 0.108. The first kappa shape index (κ1) is 14.0. The molecule has 1 saturated heterocycles. The summed E-state index contributed by atoms with van der Waals surface area (Å²) in [5, 5.41) is 6.63. The molecule has 1 aliphatic rings. The average molecular weight is 298 g/mol. The maximum atomic E-state index is 12.4. The molecule has 0 aliphatic carbocycles. The molecule has 1 aliphatic heterocycles. The Morgan fingerprint density at radius 1 is 1.29 bits per heavy atom. The van der Waals surface area contributed by atoms with Crippen LogP contribution in [-0.4, -0.2) is 28.2 Å². The van der Waals surface area contributed by atoms with Crippen molar-refractivity contribution >= 4 is 0 Å². The second-order valence-corrected chi connectivity index (χ2v) is 4.94. The van der Waals surface area contributed by atoms with Crippen molar-refractivity contribution in [2.75, 3.05) is 13.1 Å². The van der Waals surface area contributed by atoms with Gasteiger partial charge in [-0.25, -0.2) is 0 Å². The third-order valence-corrected chi connectivity index (χ3v) is 3.43. The maximum Gasteiger partial charge on any atom is 0.471 e. The van der Waals surface area contributed by atoms with E-state index in [9.17, 15) is 13.2 Å². The monoisotopic (exact) mass is 298 g/mol. The van der Waals surface area contributed by atoms with E-state index in [1.54, 1.807) is 12.1 Å². The number of alkyl halides is 3. The van der Waals surface area contributed by atoms with Gasteiger partial charge in [-0.05, 0) is 31.5 Å². The Bertz CT molecular complexity index is 603. The molecule has 8 heteroatoms. The van der Waals surface area contributed by atoms with Gasteiger partial charge in [-0.3, -0.25) is 4.98 Å². The first-order chi connectivity index (χ1) is 10.0. The van der Waals surface area contributed by atoms with Gasteiger partial charge in [-0.15, -0.1) is 0 Å². The smallest absolute Gasteiger partial charge is 0.329 e. The Morgan fingerprint density at radius 3 is 2.71 bits per heavy atom. The van der Waals surface area contributed by atoms with Crippen molar-refractivity contribution < 1.29 is 17.7 Å². The fourth-order valence-electron chi connectivity index (χ4n) is 2.34. The maximum absolute atomic E-state index is 12.4. The van der Waals surface area contributed by atoms with Gasteiger partial charge in [0, 0.05) is 29.9 Å². The number of hydrogen-bond donors (Lipinski definition) is 1. The molecule has 3 heterocycles. The molecule has 2 aromatic rings. The number of piperidine rings is 1. The molecule has 0 spiro atoms. The third kappa shape index (κ3) is 3.05. The number of nitrogens with zero attached hydrogens (tertiary/aromatic N) is 3. The number of aromatic nitrogens is 3. The van der Waals surface area contributed by atoms with E-state index in [-0.39, 0.29) is 5.82 Å². The topological polar surface area (TPSA) is 63.8 Å². The van der Waals surface area contributed by atoms with Gasteiger partial charge in [-0.2, -0.15) is 18.2 Å². The molecule has 0 saturated carbocycles. The van der Waals surface area contributed by atoms with Crippen LogP contribution in [0.1, 0.15) is 30.3 Å². The number of hydrogen-bond acceptors (Lipinski definition) is 5. The lowest BCUT2D eigenvalue weighted by Crippen LogP contribution is -2.28. The summed E-state index contributed by atoms with van der Waals surface area (Å²) in [6, 6.07) is 3.47. The number of halogens is 3.